The van der Waals surface area contributed by atoms with Crippen LogP contribution in [0.2, 0.25) is 0 Å². The van der Waals surface area contributed by atoms with Gasteiger partial charge in [0.2, 0.25) is 5.91 Å². The van der Waals surface area contributed by atoms with E-state index in [1.165, 1.54) is 0 Å². The monoisotopic (exact) mass is 277 g/mol. The van der Waals surface area contributed by atoms with Gasteiger partial charge in [0.05, 0.1) is 5.54 Å². The van der Waals surface area contributed by atoms with Crippen LogP contribution in [0.1, 0.15) is 36.7 Å². The van der Waals surface area contributed by atoms with E-state index in [0.717, 1.165) is 5.56 Å². The minimum atomic E-state index is -0.662. The summed E-state index contributed by atoms with van der Waals surface area (Å²) in [4.78, 5) is 24.0. The normalized spacial score (nSPS) is 11.1. The lowest BCUT2D eigenvalue weighted by atomic mass is 10.0. The first kappa shape index (κ1) is 16.2. The van der Waals surface area contributed by atoms with Gasteiger partial charge >= 0.3 is 0 Å². The van der Waals surface area contributed by atoms with E-state index >= 15 is 0 Å². The van der Waals surface area contributed by atoms with E-state index in [9.17, 15) is 9.59 Å². The Morgan fingerprint density at radius 3 is 2.45 bits per heavy atom. The van der Waals surface area contributed by atoms with Crippen molar-refractivity contribution in [1.29, 1.82) is 0 Å². The third-order valence-electron chi connectivity index (χ3n) is 3.24. The van der Waals surface area contributed by atoms with Crippen LogP contribution in [0.5, 0.6) is 0 Å². The van der Waals surface area contributed by atoms with Crippen LogP contribution in [0, 0.1) is 6.92 Å². The Kier molecular flexibility index (Phi) is 5.27. The molecule has 3 N–H and O–H groups in total. The van der Waals surface area contributed by atoms with Gasteiger partial charge in [-0.15, -0.1) is 0 Å². The maximum atomic E-state index is 12.3. The van der Waals surface area contributed by atoms with Crippen LogP contribution < -0.4 is 16.0 Å². The number of carbonyl (C=O) groups excluding carboxylic acids is 2. The molecule has 1 aromatic rings. The predicted molar refractivity (Wildman–Crippen MR) is 81.0 cm³/mol. The molecular formula is C15H23N3O2. The van der Waals surface area contributed by atoms with Crippen LogP contribution in [0.15, 0.2) is 18.2 Å². The first-order chi connectivity index (χ1) is 9.33. The Morgan fingerprint density at radius 2 is 1.90 bits per heavy atom. The van der Waals surface area contributed by atoms with E-state index in [2.05, 4.69) is 16.0 Å². The molecule has 0 bridgehead atoms. The van der Waals surface area contributed by atoms with Gasteiger partial charge in [0.1, 0.15) is 0 Å². The highest BCUT2D eigenvalue weighted by Gasteiger charge is 2.26. The average molecular weight is 277 g/mol. The van der Waals surface area contributed by atoms with Crippen molar-refractivity contribution in [2.24, 2.45) is 0 Å². The van der Waals surface area contributed by atoms with Crippen LogP contribution in [-0.2, 0) is 4.79 Å². The summed E-state index contributed by atoms with van der Waals surface area (Å²) in [6.07, 6.45) is 0. The van der Waals surface area contributed by atoms with Crippen molar-refractivity contribution in [2.75, 3.05) is 18.9 Å². The Bertz CT molecular complexity index is 510. The molecule has 0 saturated carbocycles. The quantitative estimate of drug-likeness (QED) is 0.767. The van der Waals surface area contributed by atoms with Gasteiger partial charge in [-0.25, -0.2) is 0 Å². The number of hydrogen-bond donors (Lipinski definition) is 3. The largest absolute Gasteiger partial charge is 0.355 e. The molecule has 1 aromatic carbocycles. The third kappa shape index (κ3) is 3.57. The molecular weight excluding hydrogens is 254 g/mol. The summed E-state index contributed by atoms with van der Waals surface area (Å²) in [5.74, 6) is -0.291. The number of rotatable bonds is 5. The van der Waals surface area contributed by atoms with E-state index < -0.39 is 5.54 Å². The fourth-order valence-corrected chi connectivity index (χ4v) is 1.95. The van der Waals surface area contributed by atoms with Gasteiger partial charge in [0, 0.05) is 18.3 Å². The molecule has 0 saturated heterocycles. The molecule has 0 aliphatic heterocycles. The highest BCUT2D eigenvalue weighted by Crippen LogP contribution is 2.20. The molecule has 0 aliphatic carbocycles. The second-order valence-electron chi connectivity index (χ2n) is 5.17. The van der Waals surface area contributed by atoms with E-state index in [1.54, 1.807) is 25.2 Å². The number of hydrogen-bond acceptors (Lipinski definition) is 3. The predicted octanol–water partition coefficient (Wildman–Crippen LogP) is 1.68. The number of anilines is 1. The number of benzene rings is 1. The zero-order chi connectivity index (χ0) is 15.3. The molecule has 0 aliphatic rings. The molecule has 0 heterocycles. The van der Waals surface area contributed by atoms with Crippen LogP contribution in [0.4, 0.5) is 5.69 Å². The van der Waals surface area contributed by atoms with Gasteiger partial charge < -0.3 is 16.0 Å². The van der Waals surface area contributed by atoms with E-state index in [1.807, 2.05) is 27.7 Å². The maximum Gasteiger partial charge on any atom is 0.251 e. The molecule has 0 fully saturated rings. The van der Waals surface area contributed by atoms with Crippen molar-refractivity contribution < 1.29 is 9.59 Å². The minimum Gasteiger partial charge on any atom is -0.355 e. The molecule has 0 unspecified atom stereocenters. The zero-order valence-corrected chi connectivity index (χ0v) is 12.8. The van der Waals surface area contributed by atoms with Gasteiger partial charge in [-0.05, 0) is 45.0 Å². The van der Waals surface area contributed by atoms with Gasteiger partial charge in [0.15, 0.2) is 0 Å². The molecule has 0 radical (unpaired) electrons. The number of carbonyl (C=O) groups is 2. The van der Waals surface area contributed by atoms with Crippen molar-refractivity contribution in [3.05, 3.63) is 29.3 Å². The molecule has 20 heavy (non-hydrogen) atoms. The minimum absolute atomic E-state index is 0.128. The lowest BCUT2D eigenvalue weighted by Crippen LogP contribution is -2.49. The first-order valence-corrected chi connectivity index (χ1v) is 6.71. The molecule has 110 valence electrons. The highest BCUT2D eigenvalue weighted by molar-refractivity contribution is 6.01. The summed E-state index contributed by atoms with van der Waals surface area (Å²) in [5.41, 5.74) is 1.31. The van der Waals surface area contributed by atoms with E-state index in [0.29, 0.717) is 17.8 Å². The molecule has 2 amide bonds. The van der Waals surface area contributed by atoms with Gasteiger partial charge in [-0.3, -0.25) is 9.59 Å². The fraction of sp³-hybridized carbons (Fsp3) is 0.467. The summed E-state index contributed by atoms with van der Waals surface area (Å²) in [6.45, 7) is 8.12. The maximum absolute atomic E-state index is 12.3. The highest BCUT2D eigenvalue weighted by atomic mass is 16.2. The SMILES string of the molecule is CCNC(C)(C)C(=O)Nc1cccc(C(=O)NC)c1C. The average Bonchev–Trinajstić information content (AvgIpc) is 2.40. The van der Waals surface area contributed by atoms with Crippen molar-refractivity contribution in [2.45, 2.75) is 33.2 Å². The second-order valence-corrected chi connectivity index (χ2v) is 5.17. The standard InChI is InChI=1S/C15H23N3O2/c1-6-17-15(3,4)14(20)18-12-9-7-8-11(10(12)2)13(19)16-5/h7-9,17H,6H2,1-5H3,(H,16,19)(H,18,20). The summed E-state index contributed by atoms with van der Waals surface area (Å²) in [5, 5.41) is 8.58. The zero-order valence-electron chi connectivity index (χ0n) is 12.8. The Labute approximate surface area is 120 Å². The summed E-state index contributed by atoms with van der Waals surface area (Å²) in [6, 6.07) is 5.29. The smallest absolute Gasteiger partial charge is 0.251 e. The van der Waals surface area contributed by atoms with Gasteiger partial charge in [-0.2, -0.15) is 0 Å². The van der Waals surface area contributed by atoms with Crippen LogP contribution >= 0.6 is 0 Å². The number of likely N-dealkylation sites (N-methyl/N-ethyl adjacent to an activating group) is 1. The van der Waals surface area contributed by atoms with Crippen LogP contribution in [0.25, 0.3) is 0 Å². The van der Waals surface area contributed by atoms with Gasteiger partial charge in [-0.1, -0.05) is 13.0 Å². The van der Waals surface area contributed by atoms with Crippen molar-refractivity contribution in [3.8, 4) is 0 Å². The van der Waals surface area contributed by atoms with Crippen molar-refractivity contribution in [3.63, 3.8) is 0 Å². The van der Waals surface area contributed by atoms with Gasteiger partial charge in [0.25, 0.3) is 5.91 Å². The summed E-state index contributed by atoms with van der Waals surface area (Å²) < 4.78 is 0. The molecule has 5 nitrogen and oxygen atoms in total. The molecule has 0 spiro atoms. The Hall–Kier alpha value is -1.88. The van der Waals surface area contributed by atoms with Crippen LogP contribution in [0.3, 0.4) is 0 Å². The van der Waals surface area contributed by atoms with Crippen molar-refractivity contribution in [1.82, 2.24) is 10.6 Å². The lowest BCUT2D eigenvalue weighted by Gasteiger charge is -2.25. The summed E-state index contributed by atoms with van der Waals surface area (Å²) in [7, 11) is 1.58. The second kappa shape index (κ2) is 6.52. The van der Waals surface area contributed by atoms with E-state index in [4.69, 9.17) is 0 Å². The lowest BCUT2D eigenvalue weighted by molar-refractivity contribution is -0.121. The molecule has 1 rings (SSSR count). The van der Waals surface area contributed by atoms with Crippen LogP contribution in [-0.4, -0.2) is 30.9 Å². The molecule has 0 aromatic heterocycles. The number of amides is 2. The third-order valence-corrected chi connectivity index (χ3v) is 3.24. The Balaban J connectivity index is 2.99. The summed E-state index contributed by atoms with van der Waals surface area (Å²) >= 11 is 0. The first-order valence-electron chi connectivity index (χ1n) is 6.71. The van der Waals surface area contributed by atoms with Crippen molar-refractivity contribution >= 4 is 17.5 Å². The fourth-order valence-electron chi connectivity index (χ4n) is 1.95. The number of nitrogens with one attached hydrogen (secondary N) is 3. The molecule has 0 atom stereocenters. The molecule has 5 heteroatoms. The topological polar surface area (TPSA) is 70.2 Å². The van der Waals surface area contributed by atoms with E-state index in [-0.39, 0.29) is 11.8 Å². The Morgan fingerprint density at radius 1 is 1.25 bits per heavy atom.